The van der Waals surface area contributed by atoms with E-state index in [1.54, 1.807) is 12.1 Å². The van der Waals surface area contributed by atoms with Crippen LogP contribution in [0.3, 0.4) is 0 Å². The van der Waals surface area contributed by atoms with Gasteiger partial charge in [-0.2, -0.15) is 0 Å². The number of nitrogens with zero attached hydrogens (tertiary/aromatic N) is 1. The van der Waals surface area contributed by atoms with E-state index in [0.29, 0.717) is 23.1 Å². The van der Waals surface area contributed by atoms with Crippen molar-refractivity contribution in [1.82, 2.24) is 0 Å². The van der Waals surface area contributed by atoms with Gasteiger partial charge in [0, 0.05) is 17.2 Å². The number of allylic oxidation sites excluding steroid dienone is 1. The highest BCUT2D eigenvalue weighted by atomic mass is 16.6. The topological polar surface area (TPSA) is 89.7 Å². The summed E-state index contributed by atoms with van der Waals surface area (Å²) in [6, 6.07) is 10.1. The second-order valence-electron chi connectivity index (χ2n) is 5.50. The zero-order chi connectivity index (χ0) is 17.3. The number of rotatable bonds is 3. The molecule has 0 amide bonds. The number of aromatic hydroxyl groups is 1. The standard InChI is InChI=1S/C18H15NO5/c1-24-16-10-11(9-15(18(16)21)19(22)23)8-13-7-6-12-4-2-3-5-14(12)17(13)20/h2-5,8-10,21H,6-7H2,1H3/b13-8-. The number of phenolic OH excluding ortho intramolecular Hbond substituents is 1. The lowest BCUT2D eigenvalue weighted by Crippen LogP contribution is -2.13. The van der Waals surface area contributed by atoms with Crippen LogP contribution in [0.4, 0.5) is 5.69 Å². The summed E-state index contributed by atoms with van der Waals surface area (Å²) in [6.45, 7) is 0. The van der Waals surface area contributed by atoms with Gasteiger partial charge in [0.15, 0.2) is 11.5 Å². The lowest BCUT2D eigenvalue weighted by molar-refractivity contribution is -0.386. The van der Waals surface area contributed by atoms with Crippen molar-refractivity contribution in [2.24, 2.45) is 0 Å². The predicted octanol–water partition coefficient (Wildman–Crippen LogP) is 3.52. The summed E-state index contributed by atoms with van der Waals surface area (Å²) >= 11 is 0. The van der Waals surface area contributed by atoms with Crippen LogP contribution in [0, 0.1) is 10.1 Å². The van der Waals surface area contributed by atoms with Crippen molar-refractivity contribution >= 4 is 17.5 Å². The second kappa shape index (κ2) is 6.16. The summed E-state index contributed by atoms with van der Waals surface area (Å²) in [7, 11) is 1.32. The van der Waals surface area contributed by atoms with E-state index in [4.69, 9.17) is 4.74 Å². The quantitative estimate of drug-likeness (QED) is 0.530. The molecule has 24 heavy (non-hydrogen) atoms. The Balaban J connectivity index is 2.05. The van der Waals surface area contributed by atoms with E-state index in [1.165, 1.54) is 19.2 Å². The highest BCUT2D eigenvalue weighted by molar-refractivity contribution is 6.13. The third kappa shape index (κ3) is 2.74. The number of carbonyl (C=O) groups excluding carboxylic acids is 1. The molecule has 1 aliphatic rings. The molecule has 0 spiro atoms. The van der Waals surface area contributed by atoms with E-state index in [0.717, 1.165) is 12.0 Å². The second-order valence-corrected chi connectivity index (χ2v) is 5.50. The van der Waals surface area contributed by atoms with E-state index in [-0.39, 0.29) is 11.5 Å². The van der Waals surface area contributed by atoms with E-state index in [2.05, 4.69) is 0 Å². The molecule has 1 N–H and O–H groups in total. The molecule has 122 valence electrons. The first kappa shape index (κ1) is 15.7. The number of methoxy groups -OCH3 is 1. The van der Waals surface area contributed by atoms with Gasteiger partial charge in [0.05, 0.1) is 12.0 Å². The first-order chi connectivity index (χ1) is 11.5. The number of nitro benzene ring substituents is 1. The maximum atomic E-state index is 12.6. The smallest absolute Gasteiger partial charge is 0.315 e. The number of ether oxygens (including phenoxy) is 1. The summed E-state index contributed by atoms with van der Waals surface area (Å²) < 4.78 is 4.98. The average molecular weight is 325 g/mol. The van der Waals surface area contributed by atoms with Crippen LogP contribution in [0.15, 0.2) is 42.0 Å². The lowest BCUT2D eigenvalue weighted by Gasteiger charge is -2.17. The van der Waals surface area contributed by atoms with Gasteiger partial charge in [-0.25, -0.2) is 0 Å². The minimum absolute atomic E-state index is 0.000270. The normalized spacial score (nSPS) is 15.2. The Morgan fingerprint density at radius 3 is 2.71 bits per heavy atom. The number of ketones is 1. The van der Waals surface area contributed by atoms with E-state index in [9.17, 15) is 20.0 Å². The molecule has 0 saturated carbocycles. The van der Waals surface area contributed by atoms with Crippen molar-refractivity contribution in [3.63, 3.8) is 0 Å². The highest BCUT2D eigenvalue weighted by Gasteiger charge is 2.23. The van der Waals surface area contributed by atoms with Gasteiger partial charge in [0.25, 0.3) is 0 Å². The molecule has 0 aromatic heterocycles. The Morgan fingerprint density at radius 2 is 2.00 bits per heavy atom. The zero-order valence-electron chi connectivity index (χ0n) is 13.0. The molecule has 0 radical (unpaired) electrons. The van der Waals surface area contributed by atoms with Crippen LogP contribution < -0.4 is 4.74 Å². The minimum Gasteiger partial charge on any atom is -0.500 e. The molecular weight excluding hydrogens is 310 g/mol. The van der Waals surface area contributed by atoms with Gasteiger partial charge in [-0.1, -0.05) is 24.3 Å². The molecule has 6 nitrogen and oxygen atoms in total. The third-order valence-corrected chi connectivity index (χ3v) is 4.05. The van der Waals surface area contributed by atoms with Crippen molar-refractivity contribution in [2.75, 3.05) is 7.11 Å². The maximum Gasteiger partial charge on any atom is 0.315 e. The number of Topliss-reactive ketones (excluding diaryl/α,β-unsaturated/α-hetero) is 1. The van der Waals surface area contributed by atoms with Gasteiger partial charge in [0.1, 0.15) is 0 Å². The average Bonchev–Trinajstić information content (AvgIpc) is 2.58. The molecule has 0 aliphatic heterocycles. The molecule has 0 heterocycles. The number of phenols is 1. The molecule has 2 aromatic carbocycles. The van der Waals surface area contributed by atoms with Crippen molar-refractivity contribution in [1.29, 1.82) is 0 Å². The van der Waals surface area contributed by atoms with Gasteiger partial charge in [-0.3, -0.25) is 14.9 Å². The monoisotopic (exact) mass is 325 g/mol. The largest absolute Gasteiger partial charge is 0.500 e. The molecule has 2 aromatic rings. The maximum absolute atomic E-state index is 12.6. The summed E-state index contributed by atoms with van der Waals surface area (Å²) in [5, 5.41) is 20.9. The Bertz CT molecular complexity index is 870. The molecule has 0 atom stereocenters. The fourth-order valence-electron chi connectivity index (χ4n) is 2.85. The number of aryl methyl sites for hydroxylation is 1. The SMILES string of the molecule is COc1cc(/C=C2/CCc3ccccc3C2=O)cc([N+](=O)[O-])c1O. The summed E-state index contributed by atoms with van der Waals surface area (Å²) in [5.41, 5.74) is 2.24. The summed E-state index contributed by atoms with van der Waals surface area (Å²) in [6.07, 6.45) is 2.92. The lowest BCUT2D eigenvalue weighted by atomic mass is 9.86. The number of nitro groups is 1. The van der Waals surface area contributed by atoms with Crippen molar-refractivity contribution in [3.05, 3.63) is 68.8 Å². The van der Waals surface area contributed by atoms with Crippen LogP contribution in [0.25, 0.3) is 6.08 Å². The van der Waals surface area contributed by atoms with E-state index >= 15 is 0 Å². The first-order valence-electron chi connectivity index (χ1n) is 7.40. The molecular formula is C18H15NO5. The first-order valence-corrected chi connectivity index (χ1v) is 7.40. The molecule has 0 bridgehead atoms. The highest BCUT2D eigenvalue weighted by Crippen LogP contribution is 2.38. The van der Waals surface area contributed by atoms with E-state index in [1.807, 2.05) is 18.2 Å². The van der Waals surface area contributed by atoms with Crippen LogP contribution in [0.1, 0.15) is 27.9 Å². The third-order valence-electron chi connectivity index (χ3n) is 4.05. The Hall–Kier alpha value is -3.15. The number of fused-ring (bicyclic) bond motifs is 1. The van der Waals surface area contributed by atoms with Crippen LogP contribution in [-0.4, -0.2) is 22.9 Å². The Labute approximate surface area is 138 Å². The van der Waals surface area contributed by atoms with Gasteiger partial charge in [0.2, 0.25) is 5.75 Å². The molecule has 3 rings (SSSR count). The minimum atomic E-state index is -0.683. The molecule has 1 aliphatic carbocycles. The summed E-state index contributed by atoms with van der Waals surface area (Å²) in [5.74, 6) is -0.601. The molecule has 0 saturated heterocycles. The Morgan fingerprint density at radius 1 is 1.25 bits per heavy atom. The fourth-order valence-corrected chi connectivity index (χ4v) is 2.85. The number of hydrogen-bond donors (Lipinski definition) is 1. The number of carbonyl (C=O) groups is 1. The van der Waals surface area contributed by atoms with Gasteiger partial charge in [-0.05, 0) is 36.1 Å². The summed E-state index contributed by atoms with van der Waals surface area (Å²) in [4.78, 5) is 23.0. The van der Waals surface area contributed by atoms with Crippen LogP contribution in [0.5, 0.6) is 11.5 Å². The van der Waals surface area contributed by atoms with Gasteiger partial charge < -0.3 is 9.84 Å². The Kier molecular flexibility index (Phi) is 4.04. The number of benzene rings is 2. The van der Waals surface area contributed by atoms with Crippen LogP contribution in [-0.2, 0) is 6.42 Å². The predicted molar refractivity (Wildman–Crippen MR) is 88.4 cm³/mol. The van der Waals surface area contributed by atoms with Crippen LogP contribution in [0.2, 0.25) is 0 Å². The van der Waals surface area contributed by atoms with Crippen molar-refractivity contribution in [3.8, 4) is 11.5 Å². The van der Waals surface area contributed by atoms with Crippen molar-refractivity contribution in [2.45, 2.75) is 12.8 Å². The fraction of sp³-hybridized carbons (Fsp3) is 0.167. The van der Waals surface area contributed by atoms with Gasteiger partial charge in [-0.15, -0.1) is 0 Å². The molecule has 0 fully saturated rings. The van der Waals surface area contributed by atoms with E-state index < -0.39 is 16.4 Å². The zero-order valence-corrected chi connectivity index (χ0v) is 13.0. The molecule has 0 unspecified atom stereocenters. The van der Waals surface area contributed by atoms with Crippen molar-refractivity contribution < 1.29 is 19.6 Å². The molecule has 6 heteroatoms. The van der Waals surface area contributed by atoms with Gasteiger partial charge >= 0.3 is 5.69 Å². The number of hydrogen-bond acceptors (Lipinski definition) is 5. The van der Waals surface area contributed by atoms with Crippen LogP contribution >= 0.6 is 0 Å².